The lowest BCUT2D eigenvalue weighted by Gasteiger charge is -2.15. The molecule has 1 heterocycles. The van der Waals surface area contributed by atoms with Crippen molar-refractivity contribution >= 4 is 10.0 Å². The van der Waals surface area contributed by atoms with Crippen molar-refractivity contribution in [2.75, 3.05) is 13.6 Å². The van der Waals surface area contributed by atoms with Crippen LogP contribution >= 0.6 is 0 Å². The summed E-state index contributed by atoms with van der Waals surface area (Å²) < 4.78 is 32.5. The molecular formula is C13H24N2O3S. The molecule has 1 unspecified atom stereocenters. The third-order valence-electron chi connectivity index (χ3n) is 3.30. The number of sulfonamides is 1. The van der Waals surface area contributed by atoms with Gasteiger partial charge in [0.05, 0.1) is 6.54 Å². The molecular weight excluding hydrogens is 264 g/mol. The maximum atomic E-state index is 12.2. The molecule has 0 radical (unpaired) electrons. The molecule has 1 aromatic rings. The first kappa shape index (κ1) is 16.2. The van der Waals surface area contributed by atoms with E-state index in [-0.39, 0.29) is 4.90 Å². The number of furan rings is 1. The van der Waals surface area contributed by atoms with Gasteiger partial charge in [-0.1, -0.05) is 20.8 Å². The van der Waals surface area contributed by atoms with Gasteiger partial charge in [-0.25, -0.2) is 13.1 Å². The van der Waals surface area contributed by atoms with E-state index in [1.54, 1.807) is 20.0 Å². The largest absolute Gasteiger partial charge is 0.464 e. The van der Waals surface area contributed by atoms with Crippen LogP contribution in [-0.4, -0.2) is 22.0 Å². The maximum Gasteiger partial charge on any atom is 0.244 e. The van der Waals surface area contributed by atoms with Crippen LogP contribution in [0.2, 0.25) is 0 Å². The van der Waals surface area contributed by atoms with Crippen molar-refractivity contribution in [3.63, 3.8) is 0 Å². The fraction of sp³-hybridized carbons (Fsp3) is 0.692. The molecule has 1 aromatic heterocycles. The third kappa shape index (κ3) is 4.33. The molecule has 2 N–H and O–H groups in total. The molecule has 0 amide bonds. The predicted octanol–water partition coefficient (Wildman–Crippen LogP) is 1.88. The lowest BCUT2D eigenvalue weighted by molar-refractivity contribution is 0.414. The summed E-state index contributed by atoms with van der Waals surface area (Å²) in [7, 11) is -1.70. The van der Waals surface area contributed by atoms with Crippen LogP contribution in [0.4, 0.5) is 0 Å². The Bertz CT molecular complexity index is 506. The van der Waals surface area contributed by atoms with E-state index < -0.39 is 10.0 Å². The van der Waals surface area contributed by atoms with E-state index in [2.05, 4.69) is 23.9 Å². The van der Waals surface area contributed by atoms with Gasteiger partial charge in [0.15, 0.2) is 0 Å². The van der Waals surface area contributed by atoms with E-state index >= 15 is 0 Å². The van der Waals surface area contributed by atoms with E-state index in [9.17, 15) is 8.42 Å². The van der Waals surface area contributed by atoms with Crippen LogP contribution in [0.3, 0.4) is 0 Å². The monoisotopic (exact) mass is 288 g/mol. The molecule has 1 rings (SSSR count). The molecule has 110 valence electrons. The van der Waals surface area contributed by atoms with Crippen LogP contribution in [-0.2, 0) is 16.6 Å². The molecule has 6 heteroatoms. The fourth-order valence-electron chi connectivity index (χ4n) is 1.61. The van der Waals surface area contributed by atoms with Gasteiger partial charge in [0.25, 0.3) is 0 Å². The lowest BCUT2D eigenvalue weighted by atomic mass is 9.99. The minimum atomic E-state index is -3.49. The highest BCUT2D eigenvalue weighted by Crippen LogP contribution is 2.20. The molecule has 0 saturated carbocycles. The van der Waals surface area contributed by atoms with Gasteiger partial charge in [0.1, 0.15) is 16.4 Å². The summed E-state index contributed by atoms with van der Waals surface area (Å²) in [5.74, 6) is 1.78. The Morgan fingerprint density at radius 1 is 1.32 bits per heavy atom. The van der Waals surface area contributed by atoms with Crippen molar-refractivity contribution < 1.29 is 12.8 Å². The molecule has 0 aliphatic carbocycles. The Kier molecular flexibility index (Phi) is 5.58. The summed E-state index contributed by atoms with van der Waals surface area (Å²) >= 11 is 0. The second kappa shape index (κ2) is 6.54. The van der Waals surface area contributed by atoms with Gasteiger partial charge in [-0.05, 0) is 25.8 Å². The Morgan fingerprint density at radius 2 is 1.95 bits per heavy atom. The Hall–Kier alpha value is -0.850. The van der Waals surface area contributed by atoms with Crippen LogP contribution in [0, 0.1) is 18.8 Å². The van der Waals surface area contributed by atoms with Gasteiger partial charge in [0.2, 0.25) is 10.0 Å². The zero-order valence-electron chi connectivity index (χ0n) is 12.3. The molecule has 0 aliphatic heterocycles. The molecule has 5 nitrogen and oxygen atoms in total. The number of aryl methyl sites for hydroxylation is 1. The number of rotatable bonds is 7. The Labute approximate surface area is 115 Å². The van der Waals surface area contributed by atoms with E-state index in [0.717, 1.165) is 0 Å². The third-order valence-corrected chi connectivity index (χ3v) is 4.83. The summed E-state index contributed by atoms with van der Waals surface area (Å²) in [6, 6.07) is 1.58. The fourth-order valence-corrected chi connectivity index (χ4v) is 2.95. The molecule has 19 heavy (non-hydrogen) atoms. The Balaban J connectivity index is 2.82. The maximum absolute atomic E-state index is 12.2. The zero-order chi connectivity index (χ0) is 14.6. The molecule has 0 saturated heterocycles. The minimum absolute atomic E-state index is 0.230. The van der Waals surface area contributed by atoms with Gasteiger partial charge in [-0.3, -0.25) is 0 Å². The van der Waals surface area contributed by atoms with Crippen LogP contribution in [0.25, 0.3) is 0 Å². The van der Waals surface area contributed by atoms with Crippen LogP contribution in [0.5, 0.6) is 0 Å². The van der Waals surface area contributed by atoms with Crippen LogP contribution in [0.15, 0.2) is 15.4 Å². The van der Waals surface area contributed by atoms with Crippen molar-refractivity contribution in [1.82, 2.24) is 10.0 Å². The summed E-state index contributed by atoms with van der Waals surface area (Å²) in [4.78, 5) is 0.230. The highest BCUT2D eigenvalue weighted by molar-refractivity contribution is 7.89. The first-order chi connectivity index (χ1) is 8.77. The highest BCUT2D eigenvalue weighted by atomic mass is 32.2. The Morgan fingerprint density at radius 3 is 2.47 bits per heavy atom. The van der Waals surface area contributed by atoms with Crippen LogP contribution < -0.4 is 10.0 Å². The smallest absolute Gasteiger partial charge is 0.244 e. The highest BCUT2D eigenvalue weighted by Gasteiger charge is 2.22. The van der Waals surface area contributed by atoms with Crippen molar-refractivity contribution in [2.45, 2.75) is 39.1 Å². The van der Waals surface area contributed by atoms with Crippen molar-refractivity contribution in [1.29, 1.82) is 0 Å². The molecule has 0 bridgehead atoms. The van der Waals surface area contributed by atoms with Crippen molar-refractivity contribution in [3.05, 3.63) is 17.6 Å². The first-order valence-corrected chi connectivity index (χ1v) is 7.99. The second-order valence-electron chi connectivity index (χ2n) is 5.24. The van der Waals surface area contributed by atoms with E-state index in [4.69, 9.17) is 4.42 Å². The van der Waals surface area contributed by atoms with Gasteiger partial charge in [0, 0.05) is 12.6 Å². The first-order valence-electron chi connectivity index (χ1n) is 6.51. The van der Waals surface area contributed by atoms with Gasteiger partial charge in [-0.15, -0.1) is 0 Å². The predicted molar refractivity (Wildman–Crippen MR) is 75.4 cm³/mol. The number of hydrogen-bond acceptors (Lipinski definition) is 4. The standard InChI is InChI=1S/C13H24N2O3S/c1-9(2)10(3)7-15-19(16,17)13-6-12(8-14-5)18-11(13)4/h6,9-10,14-15H,7-8H2,1-5H3. The van der Waals surface area contributed by atoms with Crippen molar-refractivity contribution in [3.8, 4) is 0 Å². The van der Waals surface area contributed by atoms with Gasteiger partial charge in [-0.2, -0.15) is 0 Å². The minimum Gasteiger partial charge on any atom is -0.464 e. The molecule has 0 fully saturated rings. The van der Waals surface area contributed by atoms with Gasteiger partial charge >= 0.3 is 0 Å². The normalized spacial score (nSPS) is 14.0. The molecule has 0 aliphatic rings. The SMILES string of the molecule is CNCc1cc(S(=O)(=O)NCC(C)C(C)C)c(C)o1. The summed E-state index contributed by atoms with van der Waals surface area (Å²) in [5, 5.41) is 2.93. The average Bonchev–Trinajstić information content (AvgIpc) is 2.68. The zero-order valence-corrected chi connectivity index (χ0v) is 13.1. The van der Waals surface area contributed by atoms with E-state index in [0.29, 0.717) is 36.4 Å². The summed E-state index contributed by atoms with van der Waals surface area (Å²) in [6.07, 6.45) is 0. The van der Waals surface area contributed by atoms with Crippen LogP contribution in [0.1, 0.15) is 32.3 Å². The molecule has 0 spiro atoms. The summed E-state index contributed by atoms with van der Waals surface area (Å²) in [5.41, 5.74) is 0. The number of nitrogens with one attached hydrogen (secondary N) is 2. The average molecular weight is 288 g/mol. The topological polar surface area (TPSA) is 71.3 Å². The molecule has 0 aromatic carbocycles. The second-order valence-corrected chi connectivity index (χ2v) is 6.97. The summed E-state index contributed by atoms with van der Waals surface area (Å²) in [6.45, 7) is 8.80. The van der Waals surface area contributed by atoms with Crippen molar-refractivity contribution in [2.24, 2.45) is 11.8 Å². The lowest BCUT2D eigenvalue weighted by Crippen LogP contribution is -2.30. The van der Waals surface area contributed by atoms with Gasteiger partial charge < -0.3 is 9.73 Å². The van der Waals surface area contributed by atoms with E-state index in [1.807, 2.05) is 6.92 Å². The number of hydrogen-bond donors (Lipinski definition) is 2. The quantitative estimate of drug-likeness (QED) is 0.803. The van der Waals surface area contributed by atoms with E-state index in [1.165, 1.54) is 0 Å². The molecule has 1 atom stereocenters.